The van der Waals surface area contributed by atoms with E-state index in [1.807, 2.05) is 19.0 Å². The molecule has 0 aromatic carbocycles. The van der Waals surface area contributed by atoms with Crippen molar-refractivity contribution in [3.63, 3.8) is 0 Å². The minimum atomic E-state index is 0.273. The summed E-state index contributed by atoms with van der Waals surface area (Å²) in [5.41, 5.74) is 0. The molecule has 4 nitrogen and oxygen atoms in total. The molecule has 1 aliphatic carbocycles. The Kier molecular flexibility index (Phi) is 5.92. The highest BCUT2D eigenvalue weighted by atomic mass is 16.2. The molecule has 1 rings (SSSR count). The van der Waals surface area contributed by atoms with Crippen molar-refractivity contribution in [1.82, 2.24) is 15.1 Å². The second-order valence-corrected chi connectivity index (χ2v) is 5.27. The van der Waals surface area contributed by atoms with Crippen LogP contribution in [0.2, 0.25) is 0 Å². The Bertz CT molecular complexity index is 239. The topological polar surface area (TPSA) is 35.6 Å². The Hall–Kier alpha value is -0.610. The summed E-state index contributed by atoms with van der Waals surface area (Å²) in [6.07, 6.45) is 3.19. The Morgan fingerprint density at radius 3 is 2.53 bits per heavy atom. The van der Waals surface area contributed by atoms with Gasteiger partial charge in [-0.25, -0.2) is 0 Å². The summed E-state index contributed by atoms with van der Waals surface area (Å²) in [4.78, 5) is 16.2. The molecule has 0 radical (unpaired) electrons. The highest BCUT2D eigenvalue weighted by Gasteiger charge is 2.22. The normalized spacial score (nSPS) is 17.2. The Morgan fingerprint density at radius 2 is 2.06 bits per heavy atom. The third-order valence-electron chi connectivity index (χ3n) is 3.17. The van der Waals surface area contributed by atoms with Crippen molar-refractivity contribution in [3.05, 3.63) is 0 Å². The summed E-state index contributed by atoms with van der Waals surface area (Å²) in [6.45, 7) is 6.73. The molecule has 0 heterocycles. The molecule has 1 aliphatic rings. The van der Waals surface area contributed by atoms with Crippen LogP contribution in [0.15, 0.2) is 0 Å². The summed E-state index contributed by atoms with van der Waals surface area (Å²) < 4.78 is 0. The summed E-state index contributed by atoms with van der Waals surface area (Å²) in [5.74, 6) is 0.273. The molecule has 1 unspecified atom stereocenters. The van der Waals surface area contributed by atoms with Crippen LogP contribution in [0.1, 0.15) is 33.1 Å². The maximum absolute atomic E-state index is 12.1. The van der Waals surface area contributed by atoms with Gasteiger partial charge in [0.15, 0.2) is 0 Å². The van der Waals surface area contributed by atoms with E-state index >= 15 is 0 Å². The van der Waals surface area contributed by atoms with Crippen molar-refractivity contribution >= 4 is 5.91 Å². The molecule has 1 atom stereocenters. The number of nitrogens with one attached hydrogen (secondary N) is 1. The average molecular weight is 241 g/mol. The van der Waals surface area contributed by atoms with E-state index in [4.69, 9.17) is 0 Å². The lowest BCUT2D eigenvalue weighted by Crippen LogP contribution is -2.44. The van der Waals surface area contributed by atoms with E-state index in [1.54, 1.807) is 0 Å². The molecule has 0 saturated heterocycles. The van der Waals surface area contributed by atoms with Gasteiger partial charge in [0.25, 0.3) is 0 Å². The molecule has 1 amide bonds. The molecule has 17 heavy (non-hydrogen) atoms. The van der Waals surface area contributed by atoms with Crippen molar-refractivity contribution in [3.8, 4) is 0 Å². The second kappa shape index (κ2) is 6.97. The third-order valence-corrected chi connectivity index (χ3v) is 3.17. The molecule has 0 spiro atoms. The van der Waals surface area contributed by atoms with Gasteiger partial charge in [-0.1, -0.05) is 0 Å². The fourth-order valence-electron chi connectivity index (χ4n) is 2.18. The van der Waals surface area contributed by atoms with Gasteiger partial charge in [0.1, 0.15) is 0 Å². The van der Waals surface area contributed by atoms with Crippen LogP contribution in [0.25, 0.3) is 0 Å². The van der Waals surface area contributed by atoms with Gasteiger partial charge in [0, 0.05) is 38.1 Å². The fraction of sp³-hybridized carbons (Fsp3) is 0.923. The molecule has 100 valence electrons. The average Bonchev–Trinajstić information content (AvgIpc) is 3.01. The Balaban J connectivity index is 2.27. The zero-order valence-electron chi connectivity index (χ0n) is 11.7. The summed E-state index contributed by atoms with van der Waals surface area (Å²) >= 11 is 0. The van der Waals surface area contributed by atoms with Crippen molar-refractivity contribution < 1.29 is 4.79 Å². The number of carbonyl (C=O) groups excluding carboxylic acids is 1. The molecule has 0 aliphatic heterocycles. The number of amides is 1. The van der Waals surface area contributed by atoms with Gasteiger partial charge in [-0.2, -0.15) is 0 Å². The predicted octanol–water partition coefficient (Wildman–Crippen LogP) is 0.927. The Morgan fingerprint density at radius 1 is 1.41 bits per heavy atom. The number of rotatable bonds is 8. The van der Waals surface area contributed by atoms with Crippen LogP contribution in [-0.4, -0.2) is 61.5 Å². The van der Waals surface area contributed by atoms with Crippen molar-refractivity contribution in [2.45, 2.75) is 45.2 Å². The summed E-state index contributed by atoms with van der Waals surface area (Å²) in [6, 6.07) is 0.987. The SMILES string of the molecule is CCN(C(=O)CCNC1CC1)C(C)CN(C)C. The summed E-state index contributed by atoms with van der Waals surface area (Å²) in [7, 11) is 4.09. The van der Waals surface area contributed by atoms with Gasteiger partial charge < -0.3 is 15.1 Å². The quantitative estimate of drug-likeness (QED) is 0.686. The van der Waals surface area contributed by atoms with E-state index < -0.39 is 0 Å². The fourth-order valence-corrected chi connectivity index (χ4v) is 2.18. The van der Waals surface area contributed by atoms with Crippen LogP contribution in [0.4, 0.5) is 0 Å². The van der Waals surface area contributed by atoms with Crippen LogP contribution >= 0.6 is 0 Å². The van der Waals surface area contributed by atoms with Gasteiger partial charge in [0.2, 0.25) is 5.91 Å². The van der Waals surface area contributed by atoms with Gasteiger partial charge in [0.05, 0.1) is 0 Å². The molecule has 1 N–H and O–H groups in total. The molecular weight excluding hydrogens is 214 g/mol. The van der Waals surface area contributed by atoms with E-state index in [0.29, 0.717) is 18.5 Å². The van der Waals surface area contributed by atoms with Crippen molar-refractivity contribution in [2.24, 2.45) is 0 Å². The highest BCUT2D eigenvalue weighted by molar-refractivity contribution is 5.76. The zero-order chi connectivity index (χ0) is 12.8. The lowest BCUT2D eigenvalue weighted by atomic mass is 10.2. The first-order valence-corrected chi connectivity index (χ1v) is 6.72. The van der Waals surface area contributed by atoms with Gasteiger partial charge in [-0.05, 0) is 40.8 Å². The van der Waals surface area contributed by atoms with E-state index in [9.17, 15) is 4.79 Å². The van der Waals surface area contributed by atoms with E-state index in [-0.39, 0.29) is 5.91 Å². The number of hydrogen-bond donors (Lipinski definition) is 1. The van der Waals surface area contributed by atoms with E-state index in [0.717, 1.165) is 19.6 Å². The Labute approximate surface area is 105 Å². The molecule has 0 aromatic rings. The monoisotopic (exact) mass is 241 g/mol. The number of hydrogen-bond acceptors (Lipinski definition) is 3. The van der Waals surface area contributed by atoms with Crippen LogP contribution in [0.3, 0.4) is 0 Å². The molecule has 1 saturated carbocycles. The molecule has 0 aromatic heterocycles. The first-order chi connectivity index (χ1) is 8.04. The zero-order valence-corrected chi connectivity index (χ0v) is 11.7. The minimum absolute atomic E-state index is 0.273. The maximum atomic E-state index is 12.1. The smallest absolute Gasteiger partial charge is 0.224 e. The van der Waals surface area contributed by atoms with Crippen LogP contribution in [0.5, 0.6) is 0 Å². The lowest BCUT2D eigenvalue weighted by Gasteiger charge is -2.30. The number of carbonyl (C=O) groups is 1. The van der Waals surface area contributed by atoms with Crippen molar-refractivity contribution in [1.29, 1.82) is 0 Å². The molecule has 0 bridgehead atoms. The van der Waals surface area contributed by atoms with E-state index in [2.05, 4.69) is 24.1 Å². The first-order valence-electron chi connectivity index (χ1n) is 6.72. The minimum Gasteiger partial charge on any atom is -0.339 e. The van der Waals surface area contributed by atoms with Crippen LogP contribution in [0, 0.1) is 0 Å². The molecule has 1 fully saturated rings. The standard InChI is InChI=1S/C13H27N3O/c1-5-16(11(2)10-15(3)4)13(17)8-9-14-12-6-7-12/h11-12,14H,5-10H2,1-4H3. The van der Waals surface area contributed by atoms with Crippen molar-refractivity contribution in [2.75, 3.05) is 33.7 Å². The second-order valence-electron chi connectivity index (χ2n) is 5.27. The highest BCUT2D eigenvalue weighted by Crippen LogP contribution is 2.18. The maximum Gasteiger partial charge on any atom is 0.224 e. The van der Waals surface area contributed by atoms with Gasteiger partial charge >= 0.3 is 0 Å². The first kappa shape index (κ1) is 14.5. The van der Waals surface area contributed by atoms with Gasteiger partial charge in [-0.15, -0.1) is 0 Å². The largest absolute Gasteiger partial charge is 0.339 e. The third kappa shape index (κ3) is 5.50. The number of nitrogens with zero attached hydrogens (tertiary/aromatic N) is 2. The molecule has 4 heteroatoms. The van der Waals surface area contributed by atoms with Crippen LogP contribution < -0.4 is 5.32 Å². The van der Waals surface area contributed by atoms with E-state index in [1.165, 1.54) is 12.8 Å². The number of likely N-dealkylation sites (N-methyl/N-ethyl adjacent to an activating group) is 2. The van der Waals surface area contributed by atoms with Gasteiger partial charge in [-0.3, -0.25) is 4.79 Å². The molecular formula is C13H27N3O. The predicted molar refractivity (Wildman–Crippen MR) is 71.0 cm³/mol. The summed E-state index contributed by atoms with van der Waals surface area (Å²) in [5, 5.41) is 3.39. The van der Waals surface area contributed by atoms with Crippen LogP contribution in [-0.2, 0) is 4.79 Å². The lowest BCUT2D eigenvalue weighted by molar-refractivity contribution is -0.133.